The normalized spacial score (nSPS) is 12.3. The van der Waals surface area contributed by atoms with Gasteiger partial charge in [-0.2, -0.15) is 0 Å². The van der Waals surface area contributed by atoms with Gasteiger partial charge in [-0.05, 0) is 28.0 Å². The molecule has 2 heterocycles. The summed E-state index contributed by atoms with van der Waals surface area (Å²) in [5, 5.41) is 0. The van der Waals surface area contributed by atoms with Crippen LogP contribution in [0.3, 0.4) is 0 Å². The van der Waals surface area contributed by atoms with Crippen LogP contribution in [0.4, 0.5) is 17.6 Å². The van der Waals surface area contributed by atoms with Gasteiger partial charge in [0.15, 0.2) is 17.2 Å². The fourth-order valence-corrected chi connectivity index (χ4v) is 3.79. The largest absolute Gasteiger partial charge is 0.421 e. The monoisotopic (exact) mass is 507 g/mol. The van der Waals surface area contributed by atoms with Gasteiger partial charge in [0, 0.05) is 20.2 Å². The van der Waals surface area contributed by atoms with Crippen LogP contribution in [0, 0.1) is 11.6 Å². The minimum absolute atomic E-state index is 0.177. The van der Waals surface area contributed by atoms with E-state index in [1.54, 1.807) is 0 Å². The topological polar surface area (TPSA) is 70.2 Å². The van der Waals surface area contributed by atoms with Crippen molar-refractivity contribution in [3.63, 3.8) is 0 Å². The lowest BCUT2D eigenvalue weighted by Crippen LogP contribution is -2.23. The molecule has 3 rings (SSSR count). The Morgan fingerprint density at radius 1 is 1.30 bits per heavy atom. The van der Waals surface area contributed by atoms with Gasteiger partial charge in [-0.3, -0.25) is 0 Å². The molecule has 0 amide bonds. The number of ether oxygens (including phenoxy) is 1. The number of alkyl halides is 2. The Morgan fingerprint density at radius 3 is 2.63 bits per heavy atom. The zero-order valence-electron chi connectivity index (χ0n) is 16.3. The SMILES string of the molecule is C[Si](C)(C)CCOCn1c(=O)oc2c(-c3cnc(Br)c(C(F)F)n3)cc(F)c(F)c21. The Bertz CT molecular complexity index is 1140. The molecule has 2 aromatic heterocycles. The van der Waals surface area contributed by atoms with Gasteiger partial charge in [-0.1, -0.05) is 19.6 Å². The summed E-state index contributed by atoms with van der Waals surface area (Å²) in [4.78, 5) is 19.8. The summed E-state index contributed by atoms with van der Waals surface area (Å²) in [6.45, 7) is 6.43. The molecule has 0 N–H and O–H groups in total. The predicted molar refractivity (Wildman–Crippen MR) is 108 cm³/mol. The van der Waals surface area contributed by atoms with Gasteiger partial charge >= 0.3 is 5.76 Å². The van der Waals surface area contributed by atoms with Gasteiger partial charge in [-0.15, -0.1) is 0 Å². The van der Waals surface area contributed by atoms with Crippen molar-refractivity contribution in [2.45, 2.75) is 38.8 Å². The second-order valence-electron chi connectivity index (χ2n) is 7.77. The maximum atomic E-state index is 14.5. The van der Waals surface area contributed by atoms with Crippen molar-refractivity contribution in [1.82, 2.24) is 14.5 Å². The average Bonchev–Trinajstić information content (AvgIpc) is 2.98. The van der Waals surface area contributed by atoms with Gasteiger partial charge in [-0.25, -0.2) is 36.9 Å². The van der Waals surface area contributed by atoms with Crippen molar-refractivity contribution in [3.05, 3.63) is 44.7 Å². The van der Waals surface area contributed by atoms with E-state index >= 15 is 0 Å². The molecule has 30 heavy (non-hydrogen) atoms. The van der Waals surface area contributed by atoms with E-state index in [0.717, 1.165) is 22.9 Å². The lowest BCUT2D eigenvalue weighted by atomic mass is 10.1. The van der Waals surface area contributed by atoms with Gasteiger partial charge in [0.05, 0.1) is 11.9 Å². The summed E-state index contributed by atoms with van der Waals surface area (Å²) in [6, 6.07) is 1.54. The first kappa shape index (κ1) is 22.6. The molecule has 162 valence electrons. The van der Waals surface area contributed by atoms with Gasteiger partial charge in [0.25, 0.3) is 6.43 Å². The fraction of sp³-hybridized carbons (Fsp3) is 0.389. The van der Waals surface area contributed by atoms with Crippen LogP contribution in [0.15, 0.2) is 26.1 Å². The van der Waals surface area contributed by atoms with Crippen LogP contribution in [0.25, 0.3) is 22.4 Å². The highest BCUT2D eigenvalue weighted by Gasteiger charge is 2.24. The molecule has 0 saturated heterocycles. The number of fused-ring (bicyclic) bond motifs is 1. The number of halogens is 5. The Hall–Kier alpha value is -2.05. The highest BCUT2D eigenvalue weighted by molar-refractivity contribution is 9.10. The van der Waals surface area contributed by atoms with Crippen LogP contribution in [-0.4, -0.2) is 29.2 Å². The molecule has 0 radical (unpaired) electrons. The summed E-state index contributed by atoms with van der Waals surface area (Å²) >= 11 is 2.87. The molecule has 0 aliphatic rings. The minimum Gasteiger partial charge on any atom is -0.407 e. The third-order valence-corrected chi connectivity index (χ3v) is 6.60. The first-order valence-corrected chi connectivity index (χ1v) is 13.4. The van der Waals surface area contributed by atoms with Gasteiger partial charge < -0.3 is 9.15 Å². The third-order valence-electron chi connectivity index (χ3n) is 4.28. The van der Waals surface area contributed by atoms with Crippen molar-refractivity contribution >= 4 is 35.1 Å². The Morgan fingerprint density at radius 2 is 2.00 bits per heavy atom. The van der Waals surface area contributed by atoms with E-state index in [1.807, 2.05) is 0 Å². The number of benzene rings is 1. The highest BCUT2D eigenvalue weighted by Crippen LogP contribution is 2.33. The number of aromatic nitrogens is 3. The molecule has 0 bridgehead atoms. The zero-order valence-corrected chi connectivity index (χ0v) is 18.9. The quantitative estimate of drug-likeness (QED) is 0.245. The maximum absolute atomic E-state index is 14.5. The van der Waals surface area contributed by atoms with E-state index in [1.165, 1.54) is 0 Å². The van der Waals surface area contributed by atoms with Crippen molar-refractivity contribution in [2.75, 3.05) is 6.61 Å². The molecule has 1 aromatic carbocycles. The molecule has 0 saturated carbocycles. The highest BCUT2D eigenvalue weighted by atomic mass is 79.9. The van der Waals surface area contributed by atoms with E-state index in [0.29, 0.717) is 6.61 Å². The molecule has 0 spiro atoms. The summed E-state index contributed by atoms with van der Waals surface area (Å²) in [5.41, 5.74) is -1.85. The van der Waals surface area contributed by atoms with Gasteiger partial charge in [0.2, 0.25) is 0 Å². The molecule has 0 aliphatic carbocycles. The van der Waals surface area contributed by atoms with Crippen LogP contribution < -0.4 is 5.76 Å². The summed E-state index contributed by atoms with van der Waals surface area (Å²) < 4.78 is 66.3. The first-order chi connectivity index (χ1) is 14.0. The van der Waals surface area contributed by atoms with E-state index in [2.05, 4.69) is 45.5 Å². The molecule has 3 aromatic rings. The Balaban J connectivity index is 2.08. The van der Waals surface area contributed by atoms with Crippen LogP contribution in [0.1, 0.15) is 12.1 Å². The minimum atomic E-state index is -2.95. The number of rotatable bonds is 7. The molecular formula is C18H18BrF4N3O3Si. The number of oxazole rings is 1. The van der Waals surface area contributed by atoms with Crippen molar-refractivity contribution in [3.8, 4) is 11.3 Å². The van der Waals surface area contributed by atoms with Crippen molar-refractivity contribution in [1.29, 1.82) is 0 Å². The van der Waals surface area contributed by atoms with Crippen LogP contribution in [0.2, 0.25) is 25.7 Å². The molecule has 6 nitrogen and oxygen atoms in total. The predicted octanol–water partition coefficient (Wildman–Crippen LogP) is 5.34. The smallest absolute Gasteiger partial charge is 0.407 e. The summed E-state index contributed by atoms with van der Waals surface area (Å²) in [5.74, 6) is -3.58. The molecular weight excluding hydrogens is 490 g/mol. The van der Waals surface area contributed by atoms with Crippen LogP contribution >= 0.6 is 15.9 Å². The van der Waals surface area contributed by atoms with E-state index in [4.69, 9.17) is 9.15 Å². The van der Waals surface area contributed by atoms with E-state index in [9.17, 15) is 22.4 Å². The molecule has 0 atom stereocenters. The first-order valence-electron chi connectivity index (χ1n) is 8.89. The molecule has 0 unspecified atom stereocenters. The number of nitrogens with zero attached hydrogens (tertiary/aromatic N) is 3. The van der Waals surface area contributed by atoms with Crippen molar-refractivity contribution in [2.24, 2.45) is 0 Å². The van der Waals surface area contributed by atoms with E-state index in [-0.39, 0.29) is 28.2 Å². The van der Waals surface area contributed by atoms with E-state index < -0.39 is 43.1 Å². The van der Waals surface area contributed by atoms with Gasteiger partial charge in [0.1, 0.15) is 22.5 Å². The fourth-order valence-electron chi connectivity index (χ4n) is 2.67. The summed E-state index contributed by atoms with van der Waals surface area (Å²) in [7, 11) is -1.39. The second-order valence-corrected chi connectivity index (χ2v) is 14.1. The van der Waals surface area contributed by atoms with Crippen LogP contribution in [0.5, 0.6) is 0 Å². The average molecular weight is 508 g/mol. The van der Waals surface area contributed by atoms with Crippen molar-refractivity contribution < 1.29 is 26.7 Å². The maximum Gasteiger partial charge on any atom is 0.421 e. The zero-order chi connectivity index (χ0) is 22.2. The Kier molecular flexibility index (Phi) is 6.48. The van der Waals surface area contributed by atoms with Crippen LogP contribution in [-0.2, 0) is 11.5 Å². The summed E-state index contributed by atoms with van der Waals surface area (Å²) in [6.07, 6.45) is -1.87. The molecule has 0 aliphatic heterocycles. The number of hydrogen-bond acceptors (Lipinski definition) is 5. The molecule has 12 heteroatoms. The lowest BCUT2D eigenvalue weighted by Gasteiger charge is -2.15. The third kappa shape index (κ3) is 4.65. The number of hydrogen-bond donors (Lipinski definition) is 0. The molecule has 0 fully saturated rings. The lowest BCUT2D eigenvalue weighted by molar-refractivity contribution is 0.0846. The second kappa shape index (κ2) is 8.59. The standard InChI is InChI=1S/C18H18BrF4N3O3Si/c1-30(2,3)5-4-28-8-26-14-12(21)10(20)6-9(15(14)29-18(26)27)11-7-24-16(19)13(25-11)17(22)23/h6-7,17H,4-5,8H2,1-3H3. The Labute approximate surface area is 178 Å².